The van der Waals surface area contributed by atoms with Crippen molar-refractivity contribution in [2.75, 3.05) is 18.4 Å². The second-order valence-electron chi connectivity index (χ2n) is 7.02. The molecule has 1 atom stereocenters. The first kappa shape index (κ1) is 19.4. The Bertz CT molecular complexity index is 520. The summed E-state index contributed by atoms with van der Waals surface area (Å²) in [5.74, 6) is 0.0198. The van der Waals surface area contributed by atoms with Gasteiger partial charge in [-0.05, 0) is 17.8 Å². The minimum absolute atomic E-state index is 0.0176. The summed E-state index contributed by atoms with van der Waals surface area (Å²) in [5.41, 5.74) is 0.186. The van der Waals surface area contributed by atoms with E-state index in [2.05, 4.69) is 44.6 Å². The summed E-state index contributed by atoms with van der Waals surface area (Å²) < 4.78 is 0. The van der Waals surface area contributed by atoms with Crippen molar-refractivity contribution in [2.24, 2.45) is 11.3 Å². The lowest BCUT2D eigenvalue weighted by Gasteiger charge is -2.26. The summed E-state index contributed by atoms with van der Waals surface area (Å²) in [5, 5.41) is 5.03. The number of nitrogens with one attached hydrogen (secondary N) is 1. The van der Waals surface area contributed by atoms with Crippen LogP contribution >= 0.6 is 11.3 Å². The maximum atomic E-state index is 12.5. The highest BCUT2D eigenvalue weighted by atomic mass is 32.1. The molecule has 0 radical (unpaired) electrons. The van der Waals surface area contributed by atoms with Gasteiger partial charge in [0.2, 0.25) is 11.8 Å². The molecule has 0 spiro atoms. The largest absolute Gasteiger partial charge is 0.330 e. The zero-order valence-electron chi connectivity index (χ0n) is 14.5. The lowest BCUT2D eigenvalue weighted by atomic mass is 9.84. The Morgan fingerprint density at radius 2 is 2.17 bits per heavy atom. The number of aromatic nitrogens is 1. The van der Waals surface area contributed by atoms with Crippen LogP contribution in [0.15, 0.2) is 24.2 Å². The highest BCUT2D eigenvalue weighted by Gasteiger charge is 2.22. The highest BCUT2D eigenvalue weighted by Crippen LogP contribution is 2.26. The zero-order chi connectivity index (χ0) is 17.5. The number of carbonyl (C=O) groups excluding carboxylic acids is 2. The van der Waals surface area contributed by atoms with E-state index < -0.39 is 0 Å². The minimum Gasteiger partial charge on any atom is -0.330 e. The van der Waals surface area contributed by atoms with Gasteiger partial charge in [0.25, 0.3) is 0 Å². The summed E-state index contributed by atoms with van der Waals surface area (Å²) in [6.45, 7) is 12.6. The molecular weight excluding hydrogens is 310 g/mol. The van der Waals surface area contributed by atoms with Crippen molar-refractivity contribution in [1.29, 1.82) is 0 Å². The predicted molar refractivity (Wildman–Crippen MR) is 95.4 cm³/mol. The molecule has 2 amide bonds. The summed E-state index contributed by atoms with van der Waals surface area (Å²) in [6.07, 6.45) is 4.67. The second kappa shape index (κ2) is 8.82. The van der Waals surface area contributed by atoms with Crippen LogP contribution < -0.4 is 5.32 Å². The third-order valence-corrected chi connectivity index (χ3v) is 3.89. The molecule has 0 aliphatic heterocycles. The van der Waals surface area contributed by atoms with E-state index in [0.717, 1.165) is 6.42 Å². The number of hydrogen-bond acceptors (Lipinski definition) is 4. The van der Waals surface area contributed by atoms with Gasteiger partial charge in [0.15, 0.2) is 5.13 Å². The predicted octanol–water partition coefficient (Wildman–Crippen LogP) is 3.56. The van der Waals surface area contributed by atoms with Crippen LogP contribution in [-0.4, -0.2) is 34.8 Å². The number of thiazole rings is 1. The molecule has 0 aliphatic rings. The SMILES string of the molecule is C=CCN(CC(=O)Nc1nccs1)C(=O)C[C@H](C)CC(C)(C)C. The van der Waals surface area contributed by atoms with Crippen molar-refractivity contribution < 1.29 is 9.59 Å². The summed E-state index contributed by atoms with van der Waals surface area (Å²) >= 11 is 1.35. The summed E-state index contributed by atoms with van der Waals surface area (Å²) in [4.78, 5) is 30.0. The summed E-state index contributed by atoms with van der Waals surface area (Å²) in [6, 6.07) is 0. The second-order valence-corrected chi connectivity index (χ2v) is 7.92. The molecule has 1 aromatic heterocycles. The van der Waals surface area contributed by atoms with E-state index in [0.29, 0.717) is 18.1 Å². The first-order valence-corrected chi connectivity index (χ1v) is 8.67. The van der Waals surface area contributed by atoms with Crippen molar-refractivity contribution in [1.82, 2.24) is 9.88 Å². The molecule has 0 saturated carbocycles. The molecule has 0 unspecified atom stereocenters. The van der Waals surface area contributed by atoms with Gasteiger partial charge in [0, 0.05) is 24.5 Å². The van der Waals surface area contributed by atoms with Crippen molar-refractivity contribution in [3.8, 4) is 0 Å². The molecule has 0 fully saturated rings. The standard InChI is InChI=1S/C17H27N3O2S/c1-6-8-20(12-14(21)19-16-18-7-9-23-16)15(22)10-13(2)11-17(3,4)5/h6-7,9,13H,1,8,10-12H2,2-5H3,(H,18,19,21)/t13-/m0/s1. The quantitative estimate of drug-likeness (QED) is 0.738. The van der Waals surface area contributed by atoms with Gasteiger partial charge in [-0.1, -0.05) is 33.8 Å². The number of carbonyl (C=O) groups is 2. The maximum absolute atomic E-state index is 12.5. The molecule has 0 saturated heterocycles. The molecule has 1 aromatic rings. The fourth-order valence-corrected chi connectivity index (χ4v) is 3.12. The lowest BCUT2D eigenvalue weighted by Crippen LogP contribution is -2.39. The van der Waals surface area contributed by atoms with Crippen LogP contribution in [0.25, 0.3) is 0 Å². The monoisotopic (exact) mass is 337 g/mol. The van der Waals surface area contributed by atoms with Crippen LogP contribution in [0.3, 0.4) is 0 Å². The van der Waals surface area contributed by atoms with Crippen molar-refractivity contribution in [3.05, 3.63) is 24.2 Å². The van der Waals surface area contributed by atoms with Gasteiger partial charge in [-0.15, -0.1) is 17.9 Å². The fraction of sp³-hybridized carbons (Fsp3) is 0.588. The zero-order valence-corrected chi connectivity index (χ0v) is 15.3. The molecule has 23 heavy (non-hydrogen) atoms. The number of rotatable bonds is 8. The van der Waals surface area contributed by atoms with Crippen molar-refractivity contribution in [2.45, 2.75) is 40.5 Å². The molecule has 1 N–H and O–H groups in total. The van der Waals surface area contributed by atoms with Gasteiger partial charge >= 0.3 is 0 Å². The van der Waals surface area contributed by atoms with Crippen LogP contribution in [0.1, 0.15) is 40.5 Å². The van der Waals surface area contributed by atoms with Crippen LogP contribution in [0.4, 0.5) is 5.13 Å². The Hall–Kier alpha value is -1.69. The first-order valence-electron chi connectivity index (χ1n) is 7.79. The smallest absolute Gasteiger partial charge is 0.245 e. The Labute approximate surface area is 142 Å². The topological polar surface area (TPSA) is 62.3 Å². The molecule has 5 nitrogen and oxygen atoms in total. The van der Waals surface area contributed by atoms with E-state index in [4.69, 9.17) is 0 Å². The maximum Gasteiger partial charge on any atom is 0.245 e. The molecule has 128 valence electrons. The van der Waals surface area contributed by atoms with E-state index in [9.17, 15) is 9.59 Å². The number of amides is 2. The molecule has 0 aliphatic carbocycles. The van der Waals surface area contributed by atoms with Crippen LogP contribution in [0.5, 0.6) is 0 Å². The Balaban J connectivity index is 2.56. The highest BCUT2D eigenvalue weighted by molar-refractivity contribution is 7.13. The third kappa shape index (κ3) is 7.93. The summed E-state index contributed by atoms with van der Waals surface area (Å²) in [7, 11) is 0. The van der Waals surface area contributed by atoms with Gasteiger partial charge in [0.05, 0.1) is 0 Å². The average Bonchev–Trinajstić information content (AvgIpc) is 2.88. The van der Waals surface area contributed by atoms with E-state index in [1.54, 1.807) is 17.7 Å². The number of nitrogens with zero attached hydrogens (tertiary/aromatic N) is 2. The molecule has 6 heteroatoms. The van der Waals surface area contributed by atoms with E-state index in [1.165, 1.54) is 16.2 Å². The molecule has 0 aromatic carbocycles. The lowest BCUT2D eigenvalue weighted by molar-refractivity contribution is -0.135. The van der Waals surface area contributed by atoms with Crippen LogP contribution in [0.2, 0.25) is 0 Å². The van der Waals surface area contributed by atoms with Crippen molar-refractivity contribution in [3.63, 3.8) is 0 Å². The van der Waals surface area contributed by atoms with E-state index in [-0.39, 0.29) is 29.7 Å². The number of hydrogen-bond donors (Lipinski definition) is 1. The van der Waals surface area contributed by atoms with Gasteiger partial charge in [-0.3, -0.25) is 9.59 Å². The number of anilines is 1. The fourth-order valence-electron chi connectivity index (χ4n) is 2.57. The minimum atomic E-state index is -0.237. The van der Waals surface area contributed by atoms with E-state index >= 15 is 0 Å². The van der Waals surface area contributed by atoms with Gasteiger partial charge < -0.3 is 10.2 Å². The third-order valence-electron chi connectivity index (χ3n) is 3.20. The Morgan fingerprint density at radius 1 is 1.48 bits per heavy atom. The van der Waals surface area contributed by atoms with Gasteiger partial charge in [-0.25, -0.2) is 4.98 Å². The molecular formula is C17H27N3O2S. The van der Waals surface area contributed by atoms with Gasteiger partial charge in [-0.2, -0.15) is 0 Å². The van der Waals surface area contributed by atoms with Crippen molar-refractivity contribution >= 4 is 28.3 Å². The Morgan fingerprint density at radius 3 is 2.70 bits per heavy atom. The Kier molecular flexibility index (Phi) is 7.42. The normalized spacial score (nSPS) is 12.5. The van der Waals surface area contributed by atoms with Crippen LogP contribution in [-0.2, 0) is 9.59 Å². The van der Waals surface area contributed by atoms with Crippen LogP contribution in [0, 0.1) is 11.3 Å². The molecule has 1 heterocycles. The van der Waals surface area contributed by atoms with E-state index in [1.807, 2.05) is 0 Å². The molecule has 0 bridgehead atoms. The molecule has 1 rings (SSSR count). The van der Waals surface area contributed by atoms with Gasteiger partial charge in [0.1, 0.15) is 6.54 Å². The average molecular weight is 337 g/mol. The first-order chi connectivity index (χ1) is 10.7.